The molecule has 0 fully saturated rings. The van der Waals surface area contributed by atoms with Gasteiger partial charge in [-0.15, -0.1) is 0 Å². The number of nitrogens with zero attached hydrogens (tertiary/aromatic N) is 2. The third-order valence-corrected chi connectivity index (χ3v) is 3.16. The zero-order chi connectivity index (χ0) is 11.5. The summed E-state index contributed by atoms with van der Waals surface area (Å²) in [7, 11) is 0. The lowest BCUT2D eigenvalue weighted by Crippen LogP contribution is -2.15. The zero-order valence-electron chi connectivity index (χ0n) is 7.87. The summed E-state index contributed by atoms with van der Waals surface area (Å²) in [5.74, 6) is 0.797. The second kappa shape index (κ2) is 5.02. The molecule has 0 N–H and O–H groups in total. The van der Waals surface area contributed by atoms with Crippen molar-refractivity contribution in [3.05, 3.63) is 14.7 Å². The van der Waals surface area contributed by atoms with Crippen LogP contribution in [0.5, 0.6) is 0 Å². The van der Waals surface area contributed by atoms with Crippen molar-refractivity contribution in [1.29, 1.82) is 0 Å². The minimum absolute atomic E-state index is 0.144. The molecule has 0 amide bonds. The van der Waals surface area contributed by atoms with Gasteiger partial charge in [-0.25, -0.2) is 4.68 Å². The van der Waals surface area contributed by atoms with Crippen LogP contribution in [0.15, 0.2) is 4.79 Å². The van der Waals surface area contributed by atoms with E-state index in [2.05, 4.69) is 5.10 Å². The first-order valence-electron chi connectivity index (χ1n) is 4.09. The maximum Gasteiger partial charge on any atom is 0.445 e. The molecule has 1 rings (SSSR count). The topological polar surface area (TPSA) is 34.9 Å². The van der Waals surface area contributed by atoms with Crippen molar-refractivity contribution in [2.24, 2.45) is 0 Å². The van der Waals surface area contributed by atoms with E-state index in [4.69, 9.17) is 0 Å². The third-order valence-electron chi connectivity index (χ3n) is 1.57. The lowest BCUT2D eigenvalue weighted by molar-refractivity contribution is -0.138. The Kier molecular flexibility index (Phi) is 4.21. The number of hydrogen-bond donors (Lipinski definition) is 0. The second-order valence-corrected chi connectivity index (χ2v) is 4.67. The molecule has 0 aliphatic heterocycles. The summed E-state index contributed by atoms with van der Waals surface area (Å²) in [6.45, 7) is 0.242. The summed E-state index contributed by atoms with van der Waals surface area (Å²) in [6.07, 6.45) is -1.98. The number of aryl methyl sites for hydroxylation is 1. The third kappa shape index (κ3) is 3.53. The Bertz CT molecular complexity index is 371. The number of halogens is 3. The SMILES string of the molecule is CSCCCn1nc(C(F)(F)F)sc1=O. The van der Waals surface area contributed by atoms with E-state index in [-0.39, 0.29) is 17.9 Å². The fraction of sp³-hybridized carbons (Fsp3) is 0.714. The molecule has 0 aromatic carbocycles. The quantitative estimate of drug-likeness (QED) is 0.775. The van der Waals surface area contributed by atoms with E-state index in [0.29, 0.717) is 6.42 Å². The van der Waals surface area contributed by atoms with Crippen molar-refractivity contribution in [2.45, 2.75) is 19.1 Å². The number of rotatable bonds is 4. The van der Waals surface area contributed by atoms with Crippen LogP contribution in [0.4, 0.5) is 13.2 Å². The Morgan fingerprint density at radius 3 is 2.67 bits per heavy atom. The predicted octanol–water partition coefficient (Wildman–Crippen LogP) is 2.08. The first-order valence-corrected chi connectivity index (χ1v) is 6.30. The molecular weight excluding hydrogens is 249 g/mol. The summed E-state index contributed by atoms with van der Waals surface area (Å²) in [4.78, 5) is 10.4. The van der Waals surface area contributed by atoms with Gasteiger partial charge in [-0.1, -0.05) is 0 Å². The van der Waals surface area contributed by atoms with Crippen molar-refractivity contribution in [3.63, 3.8) is 0 Å². The fourth-order valence-corrected chi connectivity index (χ4v) is 2.00. The van der Waals surface area contributed by atoms with E-state index < -0.39 is 16.1 Å². The van der Waals surface area contributed by atoms with Crippen LogP contribution in [-0.2, 0) is 12.7 Å². The van der Waals surface area contributed by atoms with Gasteiger partial charge in [0.2, 0.25) is 5.01 Å². The molecule has 0 saturated carbocycles. The largest absolute Gasteiger partial charge is 0.445 e. The first-order chi connectivity index (χ1) is 6.95. The lowest BCUT2D eigenvalue weighted by Gasteiger charge is -2.00. The van der Waals surface area contributed by atoms with Crippen LogP contribution in [-0.4, -0.2) is 21.8 Å². The summed E-state index contributed by atoms with van der Waals surface area (Å²) in [6, 6.07) is 0. The van der Waals surface area contributed by atoms with E-state index >= 15 is 0 Å². The highest BCUT2D eigenvalue weighted by atomic mass is 32.2. The normalized spacial score (nSPS) is 12.0. The monoisotopic (exact) mass is 258 g/mol. The predicted molar refractivity (Wildman–Crippen MR) is 54.4 cm³/mol. The van der Waals surface area contributed by atoms with E-state index in [1.165, 1.54) is 0 Å². The average Bonchev–Trinajstić information content (AvgIpc) is 2.48. The van der Waals surface area contributed by atoms with Crippen LogP contribution >= 0.6 is 23.1 Å². The molecular formula is C7H9F3N2OS2. The Morgan fingerprint density at radius 1 is 1.53 bits per heavy atom. The maximum absolute atomic E-state index is 12.2. The van der Waals surface area contributed by atoms with Crippen LogP contribution in [0.3, 0.4) is 0 Å². The fourth-order valence-electron chi connectivity index (χ4n) is 0.921. The molecule has 3 nitrogen and oxygen atoms in total. The number of aromatic nitrogens is 2. The van der Waals surface area contributed by atoms with Gasteiger partial charge in [-0.2, -0.15) is 30.0 Å². The van der Waals surface area contributed by atoms with E-state index in [1.54, 1.807) is 11.8 Å². The highest BCUT2D eigenvalue weighted by Gasteiger charge is 2.36. The van der Waals surface area contributed by atoms with Gasteiger partial charge in [0.25, 0.3) is 0 Å². The zero-order valence-corrected chi connectivity index (χ0v) is 9.51. The molecule has 0 radical (unpaired) electrons. The van der Waals surface area contributed by atoms with Crippen LogP contribution in [0, 0.1) is 0 Å². The van der Waals surface area contributed by atoms with E-state index in [9.17, 15) is 18.0 Å². The Balaban J connectivity index is 2.74. The summed E-state index contributed by atoms with van der Waals surface area (Å²) in [5.41, 5.74) is 0. The molecule has 0 spiro atoms. The van der Waals surface area contributed by atoms with E-state index in [1.807, 2.05) is 6.26 Å². The summed E-state index contributed by atoms with van der Waals surface area (Å²) >= 11 is 1.72. The molecule has 0 bridgehead atoms. The smallest absolute Gasteiger partial charge is 0.255 e. The molecule has 0 aliphatic carbocycles. The molecule has 8 heteroatoms. The highest BCUT2D eigenvalue weighted by Crippen LogP contribution is 2.28. The summed E-state index contributed by atoms with van der Waals surface area (Å²) < 4.78 is 37.4. The van der Waals surface area contributed by atoms with Crippen LogP contribution in [0.25, 0.3) is 0 Å². The molecule has 15 heavy (non-hydrogen) atoms. The van der Waals surface area contributed by atoms with Crippen molar-refractivity contribution in [3.8, 4) is 0 Å². The molecule has 0 saturated heterocycles. The van der Waals surface area contributed by atoms with Crippen LogP contribution in [0.1, 0.15) is 11.4 Å². The average molecular weight is 258 g/mol. The van der Waals surface area contributed by atoms with Gasteiger partial charge >= 0.3 is 11.0 Å². The van der Waals surface area contributed by atoms with Crippen molar-refractivity contribution >= 4 is 23.1 Å². The summed E-state index contributed by atoms with van der Waals surface area (Å²) in [5, 5.41) is 2.17. The lowest BCUT2D eigenvalue weighted by atomic mass is 10.5. The Labute approximate surface area is 92.3 Å². The molecule has 86 valence electrons. The molecule has 1 aromatic heterocycles. The Hall–Kier alpha value is -0.500. The van der Waals surface area contributed by atoms with Gasteiger partial charge in [-0.05, 0) is 29.8 Å². The minimum Gasteiger partial charge on any atom is -0.255 e. The van der Waals surface area contributed by atoms with Gasteiger partial charge in [0.15, 0.2) is 0 Å². The van der Waals surface area contributed by atoms with Gasteiger partial charge in [0.1, 0.15) is 0 Å². The van der Waals surface area contributed by atoms with Gasteiger partial charge in [0.05, 0.1) is 0 Å². The van der Waals surface area contributed by atoms with Crippen molar-refractivity contribution < 1.29 is 13.2 Å². The second-order valence-electron chi connectivity index (χ2n) is 2.74. The molecule has 0 aliphatic rings. The van der Waals surface area contributed by atoms with Gasteiger partial charge in [-0.3, -0.25) is 4.79 Å². The first kappa shape index (κ1) is 12.6. The minimum atomic E-state index is -4.52. The standard InChI is InChI=1S/C7H9F3N2OS2/c1-14-4-2-3-12-6(13)15-5(11-12)7(8,9)10/h2-4H2,1H3. The Morgan fingerprint density at radius 2 is 2.20 bits per heavy atom. The number of thioether (sulfide) groups is 1. The molecule has 1 aromatic rings. The molecule has 1 heterocycles. The molecule has 0 atom stereocenters. The van der Waals surface area contributed by atoms with Gasteiger partial charge in [0, 0.05) is 6.54 Å². The van der Waals surface area contributed by atoms with Crippen LogP contribution in [0.2, 0.25) is 0 Å². The highest BCUT2D eigenvalue weighted by molar-refractivity contribution is 7.98. The van der Waals surface area contributed by atoms with Crippen LogP contribution < -0.4 is 4.87 Å². The number of hydrogen-bond acceptors (Lipinski definition) is 4. The maximum atomic E-state index is 12.2. The number of alkyl halides is 3. The van der Waals surface area contributed by atoms with Crippen molar-refractivity contribution in [2.75, 3.05) is 12.0 Å². The van der Waals surface area contributed by atoms with Gasteiger partial charge < -0.3 is 0 Å². The van der Waals surface area contributed by atoms with Crippen molar-refractivity contribution in [1.82, 2.24) is 9.78 Å². The van der Waals surface area contributed by atoms with E-state index in [0.717, 1.165) is 10.4 Å². The molecule has 0 unspecified atom stereocenters.